The Bertz CT molecular complexity index is 646. The molecule has 0 radical (unpaired) electrons. The molecule has 1 aromatic heterocycles. The van der Waals surface area contributed by atoms with E-state index in [0.717, 1.165) is 22.6 Å². The van der Waals surface area contributed by atoms with Gasteiger partial charge in [0.1, 0.15) is 11.6 Å². The van der Waals surface area contributed by atoms with Crippen LogP contribution in [0.2, 0.25) is 0 Å². The number of ether oxygens (including phenoxy) is 1. The maximum Gasteiger partial charge on any atom is 0.303 e. The summed E-state index contributed by atoms with van der Waals surface area (Å²) in [5, 5.41) is 8.90. The van der Waals surface area contributed by atoms with Crippen molar-refractivity contribution in [2.24, 2.45) is 5.92 Å². The second kappa shape index (κ2) is 6.16. The predicted octanol–water partition coefficient (Wildman–Crippen LogP) is 3.28. The lowest BCUT2D eigenvalue weighted by Crippen LogP contribution is -2.13. The first-order valence-electron chi connectivity index (χ1n) is 7.19. The van der Waals surface area contributed by atoms with Gasteiger partial charge < -0.3 is 14.4 Å². The van der Waals surface area contributed by atoms with Gasteiger partial charge in [-0.3, -0.25) is 4.79 Å². The molecule has 0 aliphatic heterocycles. The molecule has 0 aliphatic carbocycles. The number of carbonyl (C=O) groups is 1. The molecule has 1 atom stereocenters. The van der Waals surface area contributed by atoms with Gasteiger partial charge in [0, 0.05) is 24.9 Å². The van der Waals surface area contributed by atoms with Gasteiger partial charge in [0.15, 0.2) is 0 Å². The molecule has 0 saturated carbocycles. The average molecular weight is 290 g/mol. The number of benzene rings is 1. The number of nitrogens with zero attached hydrogens (tertiary/aromatic N) is 2. The number of aliphatic carboxylic acids is 1. The molecule has 0 bridgehead atoms. The average Bonchev–Trinajstić information content (AvgIpc) is 2.73. The van der Waals surface area contributed by atoms with Gasteiger partial charge in [0.05, 0.1) is 18.1 Å². The van der Waals surface area contributed by atoms with Gasteiger partial charge in [-0.2, -0.15) is 0 Å². The summed E-state index contributed by atoms with van der Waals surface area (Å²) in [6.45, 7) is 6.16. The second-order valence-corrected chi connectivity index (χ2v) is 5.75. The van der Waals surface area contributed by atoms with Gasteiger partial charge in [0.25, 0.3) is 0 Å². The largest absolute Gasteiger partial charge is 0.497 e. The van der Waals surface area contributed by atoms with E-state index in [4.69, 9.17) is 9.84 Å². The van der Waals surface area contributed by atoms with Crippen LogP contribution in [0.3, 0.4) is 0 Å². The highest BCUT2D eigenvalue weighted by Crippen LogP contribution is 2.26. The molecule has 2 rings (SSSR count). The third kappa shape index (κ3) is 3.35. The zero-order valence-electron chi connectivity index (χ0n) is 13.0. The lowest BCUT2D eigenvalue weighted by Gasteiger charge is -2.15. The van der Waals surface area contributed by atoms with E-state index >= 15 is 0 Å². The first-order chi connectivity index (χ1) is 9.92. The SMILES string of the molecule is COc1ccc2c(c1)nc(CC(C)CC(=O)O)n2C(C)C. The van der Waals surface area contributed by atoms with Crippen LogP contribution in [0.25, 0.3) is 11.0 Å². The molecule has 5 heteroatoms. The minimum atomic E-state index is -0.767. The van der Waals surface area contributed by atoms with Gasteiger partial charge in [-0.15, -0.1) is 0 Å². The lowest BCUT2D eigenvalue weighted by molar-refractivity contribution is -0.137. The van der Waals surface area contributed by atoms with Crippen LogP contribution in [-0.4, -0.2) is 27.7 Å². The molecule has 0 spiro atoms. The van der Waals surface area contributed by atoms with Gasteiger partial charge in [0.2, 0.25) is 0 Å². The fourth-order valence-electron chi connectivity index (χ4n) is 2.66. The van der Waals surface area contributed by atoms with Crippen molar-refractivity contribution in [3.05, 3.63) is 24.0 Å². The van der Waals surface area contributed by atoms with Crippen molar-refractivity contribution in [3.8, 4) is 5.75 Å². The highest BCUT2D eigenvalue weighted by Gasteiger charge is 2.17. The number of carboxylic acids is 1. The van der Waals surface area contributed by atoms with Crippen molar-refractivity contribution in [1.82, 2.24) is 9.55 Å². The summed E-state index contributed by atoms with van der Waals surface area (Å²) in [6.07, 6.45) is 0.812. The van der Waals surface area contributed by atoms with E-state index in [2.05, 4.69) is 23.4 Å². The molecular formula is C16H22N2O3. The van der Waals surface area contributed by atoms with Crippen molar-refractivity contribution in [2.45, 2.75) is 39.7 Å². The standard InChI is InChI=1S/C16H22N2O3/c1-10(2)18-14-6-5-12(21-4)9-13(14)17-15(18)7-11(3)8-16(19)20/h5-6,9-11H,7-8H2,1-4H3,(H,19,20). The van der Waals surface area contributed by atoms with E-state index in [1.54, 1.807) is 7.11 Å². The molecule has 0 fully saturated rings. The molecule has 2 aromatic rings. The minimum absolute atomic E-state index is 0.0544. The summed E-state index contributed by atoms with van der Waals surface area (Å²) in [6, 6.07) is 6.12. The minimum Gasteiger partial charge on any atom is -0.497 e. The Kier molecular flexibility index (Phi) is 4.50. The van der Waals surface area contributed by atoms with Gasteiger partial charge in [-0.25, -0.2) is 4.98 Å². The van der Waals surface area contributed by atoms with Crippen LogP contribution in [0, 0.1) is 5.92 Å². The third-order valence-corrected chi connectivity index (χ3v) is 3.54. The maximum atomic E-state index is 10.8. The van der Waals surface area contributed by atoms with Gasteiger partial charge in [-0.1, -0.05) is 6.92 Å². The zero-order valence-corrected chi connectivity index (χ0v) is 13.0. The topological polar surface area (TPSA) is 64.3 Å². The molecule has 1 unspecified atom stereocenters. The Hall–Kier alpha value is -2.04. The molecule has 0 saturated heterocycles. The summed E-state index contributed by atoms with van der Waals surface area (Å²) < 4.78 is 7.41. The Morgan fingerprint density at radius 3 is 2.67 bits per heavy atom. The Balaban J connectivity index is 2.41. The maximum absolute atomic E-state index is 10.8. The molecule has 1 heterocycles. The zero-order chi connectivity index (χ0) is 15.6. The Morgan fingerprint density at radius 2 is 2.10 bits per heavy atom. The lowest BCUT2D eigenvalue weighted by atomic mass is 10.0. The smallest absolute Gasteiger partial charge is 0.303 e. The van der Waals surface area contributed by atoms with Crippen LogP contribution in [0.15, 0.2) is 18.2 Å². The summed E-state index contributed by atoms with van der Waals surface area (Å²) in [5.41, 5.74) is 1.95. The van der Waals surface area contributed by atoms with Crippen LogP contribution in [0.1, 0.15) is 39.1 Å². The molecule has 0 aliphatic rings. The summed E-state index contributed by atoms with van der Waals surface area (Å²) in [5.74, 6) is 0.998. The number of rotatable bonds is 6. The summed E-state index contributed by atoms with van der Waals surface area (Å²) in [4.78, 5) is 15.5. The van der Waals surface area contributed by atoms with Crippen molar-refractivity contribution in [2.75, 3.05) is 7.11 Å². The monoisotopic (exact) mass is 290 g/mol. The molecule has 21 heavy (non-hydrogen) atoms. The summed E-state index contributed by atoms with van der Waals surface area (Å²) in [7, 11) is 1.64. The fraction of sp³-hybridized carbons (Fsp3) is 0.500. The van der Waals surface area contributed by atoms with Crippen LogP contribution in [0.4, 0.5) is 0 Å². The highest BCUT2D eigenvalue weighted by atomic mass is 16.5. The van der Waals surface area contributed by atoms with Crippen LogP contribution >= 0.6 is 0 Å². The van der Waals surface area contributed by atoms with Crippen molar-refractivity contribution in [1.29, 1.82) is 0 Å². The van der Waals surface area contributed by atoms with E-state index < -0.39 is 5.97 Å². The molecule has 0 amide bonds. The van der Waals surface area contributed by atoms with Crippen LogP contribution in [-0.2, 0) is 11.2 Å². The fourth-order valence-corrected chi connectivity index (χ4v) is 2.66. The third-order valence-electron chi connectivity index (χ3n) is 3.54. The van der Waals surface area contributed by atoms with Gasteiger partial charge in [-0.05, 0) is 31.9 Å². The van der Waals surface area contributed by atoms with Crippen molar-refractivity contribution < 1.29 is 14.6 Å². The van der Waals surface area contributed by atoms with E-state index in [9.17, 15) is 4.79 Å². The van der Waals surface area contributed by atoms with E-state index in [1.807, 2.05) is 25.1 Å². The predicted molar refractivity (Wildman–Crippen MR) is 81.8 cm³/mol. The highest BCUT2D eigenvalue weighted by molar-refractivity contribution is 5.78. The number of hydrogen-bond donors (Lipinski definition) is 1. The molecule has 5 nitrogen and oxygen atoms in total. The number of imidazole rings is 1. The van der Waals surface area contributed by atoms with E-state index in [1.165, 1.54) is 0 Å². The number of methoxy groups -OCH3 is 1. The number of hydrogen-bond acceptors (Lipinski definition) is 3. The Morgan fingerprint density at radius 1 is 1.38 bits per heavy atom. The van der Waals surface area contributed by atoms with Crippen LogP contribution in [0.5, 0.6) is 5.75 Å². The molecule has 1 N–H and O–H groups in total. The van der Waals surface area contributed by atoms with Gasteiger partial charge >= 0.3 is 5.97 Å². The molecular weight excluding hydrogens is 268 g/mol. The first kappa shape index (κ1) is 15.4. The number of carboxylic acid groups (broad SMARTS) is 1. The van der Waals surface area contributed by atoms with E-state index in [-0.39, 0.29) is 18.4 Å². The molecule has 1 aromatic carbocycles. The van der Waals surface area contributed by atoms with Crippen LogP contribution < -0.4 is 4.74 Å². The second-order valence-electron chi connectivity index (χ2n) is 5.75. The van der Waals surface area contributed by atoms with Crippen molar-refractivity contribution in [3.63, 3.8) is 0 Å². The normalized spacial score (nSPS) is 12.8. The number of aromatic nitrogens is 2. The molecule has 114 valence electrons. The summed E-state index contributed by atoms with van der Waals surface area (Å²) >= 11 is 0. The quantitative estimate of drug-likeness (QED) is 0.886. The number of fused-ring (bicyclic) bond motifs is 1. The first-order valence-corrected chi connectivity index (χ1v) is 7.19. The Labute approximate surface area is 124 Å². The van der Waals surface area contributed by atoms with Crippen molar-refractivity contribution >= 4 is 17.0 Å². The van der Waals surface area contributed by atoms with E-state index in [0.29, 0.717) is 6.42 Å².